The second kappa shape index (κ2) is 4.35. The van der Waals surface area contributed by atoms with Gasteiger partial charge in [0.1, 0.15) is 0 Å². The summed E-state index contributed by atoms with van der Waals surface area (Å²) >= 11 is 0. The highest BCUT2D eigenvalue weighted by molar-refractivity contribution is 5.25. The lowest BCUT2D eigenvalue weighted by atomic mass is 9.98. The largest absolute Gasteiger partial charge is 0.241 e. The number of aryl methyl sites for hydroxylation is 1. The van der Waals surface area contributed by atoms with Gasteiger partial charge in [-0.15, -0.1) is 0 Å². The minimum Gasteiger partial charge on any atom is -0.210 e. The summed E-state index contributed by atoms with van der Waals surface area (Å²) in [7, 11) is 0. The van der Waals surface area contributed by atoms with E-state index in [9.17, 15) is 8.78 Å². The molecule has 1 unspecified atom stereocenters. The number of halogens is 2. The molecule has 0 aromatic heterocycles. The summed E-state index contributed by atoms with van der Waals surface area (Å²) < 4.78 is 24.5. The van der Waals surface area contributed by atoms with Gasteiger partial charge in [-0.3, -0.25) is 0 Å². The van der Waals surface area contributed by atoms with Crippen LogP contribution in [-0.4, -0.2) is 6.43 Å². The van der Waals surface area contributed by atoms with E-state index in [1.54, 1.807) is 6.92 Å². The van der Waals surface area contributed by atoms with E-state index < -0.39 is 12.3 Å². The molecule has 0 nitrogen and oxygen atoms in total. The Morgan fingerprint density at radius 2 is 1.85 bits per heavy atom. The van der Waals surface area contributed by atoms with Gasteiger partial charge in [-0.1, -0.05) is 31.2 Å². The van der Waals surface area contributed by atoms with E-state index in [4.69, 9.17) is 0 Å². The van der Waals surface area contributed by atoms with E-state index in [1.807, 2.05) is 31.2 Å². The van der Waals surface area contributed by atoms with Crippen molar-refractivity contribution >= 4 is 0 Å². The van der Waals surface area contributed by atoms with Crippen molar-refractivity contribution in [2.24, 2.45) is 5.92 Å². The molecule has 72 valence electrons. The van der Waals surface area contributed by atoms with Crippen molar-refractivity contribution in [3.05, 3.63) is 35.4 Å². The third-order valence-electron chi connectivity index (χ3n) is 2.23. The van der Waals surface area contributed by atoms with Crippen LogP contribution in [0.25, 0.3) is 0 Å². The first-order valence-electron chi connectivity index (χ1n) is 4.44. The van der Waals surface area contributed by atoms with Crippen LogP contribution in [0.5, 0.6) is 0 Å². The van der Waals surface area contributed by atoms with Crippen LogP contribution >= 0.6 is 0 Å². The van der Waals surface area contributed by atoms with E-state index in [-0.39, 0.29) is 0 Å². The molecular formula is C11H14F2. The van der Waals surface area contributed by atoms with Crippen molar-refractivity contribution in [2.75, 3.05) is 0 Å². The summed E-state index contributed by atoms with van der Waals surface area (Å²) in [5, 5.41) is 0. The average molecular weight is 184 g/mol. The maximum atomic E-state index is 12.2. The van der Waals surface area contributed by atoms with Gasteiger partial charge in [0.2, 0.25) is 6.43 Å². The zero-order valence-corrected chi connectivity index (χ0v) is 7.93. The fourth-order valence-corrected chi connectivity index (χ4v) is 1.28. The second-order valence-electron chi connectivity index (χ2n) is 3.44. The van der Waals surface area contributed by atoms with E-state index in [1.165, 1.54) is 0 Å². The molecule has 0 spiro atoms. The Morgan fingerprint density at radius 3 is 2.38 bits per heavy atom. The van der Waals surface area contributed by atoms with Crippen LogP contribution in [0.15, 0.2) is 24.3 Å². The first kappa shape index (κ1) is 10.2. The van der Waals surface area contributed by atoms with Crippen molar-refractivity contribution in [3.63, 3.8) is 0 Å². The molecule has 13 heavy (non-hydrogen) atoms. The average Bonchev–Trinajstić information content (AvgIpc) is 2.08. The third kappa shape index (κ3) is 2.79. The highest BCUT2D eigenvalue weighted by Crippen LogP contribution is 2.17. The van der Waals surface area contributed by atoms with Gasteiger partial charge in [-0.05, 0) is 24.5 Å². The summed E-state index contributed by atoms with van der Waals surface area (Å²) in [6, 6.07) is 7.67. The van der Waals surface area contributed by atoms with Crippen molar-refractivity contribution in [2.45, 2.75) is 26.7 Å². The lowest BCUT2D eigenvalue weighted by Crippen LogP contribution is -2.10. The smallest absolute Gasteiger partial charge is 0.210 e. The first-order valence-corrected chi connectivity index (χ1v) is 4.44. The van der Waals surface area contributed by atoms with E-state index >= 15 is 0 Å². The summed E-state index contributed by atoms with van der Waals surface area (Å²) in [6.07, 6.45) is -1.76. The Labute approximate surface area is 77.6 Å². The minimum absolute atomic E-state index is 0.463. The van der Waals surface area contributed by atoms with Crippen molar-refractivity contribution in [1.29, 1.82) is 0 Å². The van der Waals surface area contributed by atoms with Crippen LogP contribution in [0.1, 0.15) is 18.1 Å². The predicted octanol–water partition coefficient (Wildman–Crippen LogP) is 3.44. The summed E-state index contributed by atoms with van der Waals surface area (Å²) in [6.45, 7) is 3.53. The summed E-state index contributed by atoms with van der Waals surface area (Å²) in [5.74, 6) is -0.555. The Balaban J connectivity index is 2.69. The summed E-state index contributed by atoms with van der Waals surface area (Å²) in [4.78, 5) is 0. The van der Waals surface area contributed by atoms with Crippen LogP contribution in [0.2, 0.25) is 0 Å². The molecule has 1 atom stereocenters. The number of rotatable bonds is 3. The maximum Gasteiger partial charge on any atom is 0.241 e. The molecule has 0 saturated carbocycles. The Kier molecular flexibility index (Phi) is 3.40. The molecule has 1 aromatic rings. The summed E-state index contributed by atoms with van der Waals surface area (Å²) in [5.41, 5.74) is 2.12. The van der Waals surface area contributed by atoms with Gasteiger partial charge >= 0.3 is 0 Å². The molecule has 0 aliphatic rings. The lowest BCUT2D eigenvalue weighted by molar-refractivity contribution is 0.0865. The van der Waals surface area contributed by atoms with Crippen LogP contribution in [-0.2, 0) is 6.42 Å². The molecule has 0 radical (unpaired) electrons. The first-order chi connectivity index (χ1) is 6.11. The van der Waals surface area contributed by atoms with E-state index in [2.05, 4.69) is 0 Å². The van der Waals surface area contributed by atoms with Crippen LogP contribution in [0, 0.1) is 12.8 Å². The molecule has 0 bridgehead atoms. The quantitative estimate of drug-likeness (QED) is 0.675. The van der Waals surface area contributed by atoms with Crippen LogP contribution in [0.4, 0.5) is 8.78 Å². The SMILES string of the molecule is Cc1ccccc1CC(C)C(F)F. The van der Waals surface area contributed by atoms with Gasteiger partial charge in [0.05, 0.1) is 0 Å². The fourth-order valence-electron chi connectivity index (χ4n) is 1.28. The fraction of sp³-hybridized carbons (Fsp3) is 0.455. The zero-order valence-electron chi connectivity index (χ0n) is 7.93. The van der Waals surface area contributed by atoms with Gasteiger partial charge < -0.3 is 0 Å². The van der Waals surface area contributed by atoms with E-state index in [0.717, 1.165) is 11.1 Å². The molecule has 0 fully saturated rings. The highest BCUT2D eigenvalue weighted by Gasteiger charge is 2.15. The number of hydrogen-bond acceptors (Lipinski definition) is 0. The molecule has 0 aliphatic heterocycles. The lowest BCUT2D eigenvalue weighted by Gasteiger charge is -2.11. The molecule has 0 heterocycles. The minimum atomic E-state index is -2.22. The van der Waals surface area contributed by atoms with Gasteiger partial charge in [-0.2, -0.15) is 0 Å². The van der Waals surface area contributed by atoms with Crippen molar-refractivity contribution in [3.8, 4) is 0 Å². The standard InChI is InChI=1S/C11H14F2/c1-8-5-3-4-6-10(8)7-9(2)11(12)13/h3-6,9,11H,7H2,1-2H3. The molecule has 0 aliphatic carbocycles. The molecule has 1 aromatic carbocycles. The van der Waals surface area contributed by atoms with Gasteiger partial charge in [0, 0.05) is 5.92 Å². The van der Waals surface area contributed by atoms with Gasteiger partial charge in [-0.25, -0.2) is 8.78 Å². The van der Waals surface area contributed by atoms with Crippen LogP contribution < -0.4 is 0 Å². The highest BCUT2D eigenvalue weighted by atomic mass is 19.3. The Bertz CT molecular complexity index is 269. The molecule has 2 heteroatoms. The molecular weight excluding hydrogens is 170 g/mol. The maximum absolute atomic E-state index is 12.2. The van der Waals surface area contributed by atoms with Crippen molar-refractivity contribution in [1.82, 2.24) is 0 Å². The van der Waals surface area contributed by atoms with Gasteiger partial charge in [0.25, 0.3) is 0 Å². The number of hydrogen-bond donors (Lipinski definition) is 0. The van der Waals surface area contributed by atoms with Crippen LogP contribution in [0.3, 0.4) is 0 Å². The van der Waals surface area contributed by atoms with E-state index in [0.29, 0.717) is 6.42 Å². The second-order valence-corrected chi connectivity index (χ2v) is 3.44. The molecule has 0 amide bonds. The predicted molar refractivity (Wildman–Crippen MR) is 50.1 cm³/mol. The van der Waals surface area contributed by atoms with Crippen molar-refractivity contribution < 1.29 is 8.78 Å². The molecule has 0 saturated heterocycles. The Morgan fingerprint density at radius 1 is 1.23 bits per heavy atom. The zero-order chi connectivity index (χ0) is 9.84. The number of benzene rings is 1. The Hall–Kier alpha value is -0.920. The van der Waals surface area contributed by atoms with Gasteiger partial charge in [0.15, 0.2) is 0 Å². The topological polar surface area (TPSA) is 0 Å². The molecule has 0 N–H and O–H groups in total. The monoisotopic (exact) mass is 184 g/mol. The normalized spacial score (nSPS) is 13.3. The molecule has 1 rings (SSSR count). The third-order valence-corrected chi connectivity index (χ3v) is 2.23. The number of alkyl halides is 2.